The number of hydrogen-bond donors (Lipinski definition) is 2. The monoisotopic (exact) mass is 360 g/mol. The van der Waals surface area contributed by atoms with Crippen LogP contribution in [0.1, 0.15) is 28.4 Å². The van der Waals surface area contributed by atoms with Crippen LogP contribution in [0.4, 0.5) is 5.69 Å². The minimum absolute atomic E-state index is 0.129. The Balaban J connectivity index is 1.80. The number of carbonyl (C=O) groups is 1. The van der Waals surface area contributed by atoms with Crippen molar-refractivity contribution in [3.63, 3.8) is 0 Å². The summed E-state index contributed by atoms with van der Waals surface area (Å²) < 4.78 is 25.4. The van der Waals surface area contributed by atoms with E-state index in [1.54, 1.807) is 24.3 Å². The van der Waals surface area contributed by atoms with Crippen LogP contribution in [0.25, 0.3) is 0 Å². The molecule has 25 heavy (non-hydrogen) atoms. The number of hydrogen-bond acceptors (Lipinski definition) is 4. The number of aliphatic hydroxyl groups is 1. The molecular weight excluding hydrogens is 340 g/mol. The molecule has 0 unspecified atom stereocenters. The zero-order valence-electron chi connectivity index (χ0n) is 13.6. The van der Waals surface area contributed by atoms with Gasteiger partial charge in [0, 0.05) is 12.1 Å². The van der Waals surface area contributed by atoms with Gasteiger partial charge in [0.1, 0.15) is 0 Å². The molecule has 1 atom stereocenters. The molecule has 1 aliphatic heterocycles. The molecule has 1 fully saturated rings. The van der Waals surface area contributed by atoms with E-state index in [1.807, 2.05) is 30.3 Å². The van der Waals surface area contributed by atoms with Gasteiger partial charge in [-0.1, -0.05) is 36.4 Å². The molecular formula is C18H20N2O4S. The molecule has 2 aromatic carbocycles. The second-order valence-electron chi connectivity index (χ2n) is 5.91. The van der Waals surface area contributed by atoms with E-state index in [0.29, 0.717) is 24.2 Å². The number of aliphatic hydroxyl groups excluding tert-OH is 1. The molecule has 0 saturated carbocycles. The highest BCUT2D eigenvalue weighted by molar-refractivity contribution is 7.93. The molecule has 132 valence electrons. The number of rotatable bonds is 5. The third-order valence-electron chi connectivity index (χ3n) is 4.19. The van der Waals surface area contributed by atoms with Gasteiger partial charge in [-0.2, -0.15) is 0 Å². The predicted molar refractivity (Wildman–Crippen MR) is 95.9 cm³/mol. The lowest BCUT2D eigenvalue weighted by molar-refractivity contribution is 0.0916. The Hall–Kier alpha value is -2.38. The summed E-state index contributed by atoms with van der Waals surface area (Å²) in [6.45, 7) is 0.201. The minimum atomic E-state index is -3.29. The third kappa shape index (κ3) is 3.83. The van der Waals surface area contributed by atoms with E-state index in [2.05, 4.69) is 5.32 Å². The molecule has 1 heterocycles. The van der Waals surface area contributed by atoms with Crippen LogP contribution in [0.5, 0.6) is 0 Å². The van der Waals surface area contributed by atoms with E-state index in [9.17, 15) is 18.3 Å². The maximum absolute atomic E-state index is 12.5. The van der Waals surface area contributed by atoms with Crippen LogP contribution < -0.4 is 9.62 Å². The summed E-state index contributed by atoms with van der Waals surface area (Å²) in [5.74, 6) is -0.231. The molecule has 0 spiro atoms. The quantitative estimate of drug-likeness (QED) is 0.849. The predicted octanol–water partition coefficient (Wildman–Crippen LogP) is 1.69. The van der Waals surface area contributed by atoms with Gasteiger partial charge in [-0.25, -0.2) is 8.42 Å². The largest absolute Gasteiger partial charge is 0.394 e. The maximum Gasteiger partial charge on any atom is 0.251 e. The number of anilines is 1. The van der Waals surface area contributed by atoms with Crippen molar-refractivity contribution in [2.24, 2.45) is 0 Å². The topological polar surface area (TPSA) is 86.7 Å². The van der Waals surface area contributed by atoms with E-state index in [-0.39, 0.29) is 18.3 Å². The Morgan fingerprint density at radius 2 is 1.92 bits per heavy atom. The highest BCUT2D eigenvalue weighted by Crippen LogP contribution is 2.25. The summed E-state index contributed by atoms with van der Waals surface area (Å²) in [7, 11) is -3.29. The molecule has 1 saturated heterocycles. The average molecular weight is 360 g/mol. The van der Waals surface area contributed by atoms with Crippen molar-refractivity contribution in [1.82, 2.24) is 5.32 Å². The van der Waals surface area contributed by atoms with E-state index in [0.717, 1.165) is 5.56 Å². The lowest BCUT2D eigenvalue weighted by atomic mass is 10.1. The van der Waals surface area contributed by atoms with Crippen LogP contribution in [-0.2, 0) is 10.0 Å². The van der Waals surface area contributed by atoms with Gasteiger partial charge < -0.3 is 10.4 Å². The van der Waals surface area contributed by atoms with Gasteiger partial charge in [0.15, 0.2) is 0 Å². The van der Waals surface area contributed by atoms with E-state index < -0.39 is 16.1 Å². The second-order valence-corrected chi connectivity index (χ2v) is 7.92. The number of nitrogens with one attached hydrogen (secondary N) is 1. The van der Waals surface area contributed by atoms with E-state index in [4.69, 9.17) is 0 Å². The van der Waals surface area contributed by atoms with Crippen molar-refractivity contribution in [2.75, 3.05) is 23.2 Å². The van der Waals surface area contributed by atoms with Gasteiger partial charge in [0.25, 0.3) is 5.91 Å². The second kappa shape index (κ2) is 7.25. The highest BCUT2D eigenvalue weighted by Gasteiger charge is 2.28. The number of sulfonamides is 1. The van der Waals surface area contributed by atoms with Gasteiger partial charge in [-0.3, -0.25) is 9.10 Å². The number of amides is 1. The Morgan fingerprint density at radius 1 is 1.16 bits per heavy atom. The van der Waals surface area contributed by atoms with Crippen molar-refractivity contribution < 1.29 is 18.3 Å². The van der Waals surface area contributed by atoms with Crippen LogP contribution in [0, 0.1) is 0 Å². The zero-order valence-corrected chi connectivity index (χ0v) is 14.4. The maximum atomic E-state index is 12.5. The van der Waals surface area contributed by atoms with E-state index >= 15 is 0 Å². The first kappa shape index (κ1) is 17.4. The first-order chi connectivity index (χ1) is 12.0. The molecule has 2 N–H and O–H groups in total. The van der Waals surface area contributed by atoms with Crippen molar-refractivity contribution in [1.29, 1.82) is 0 Å². The van der Waals surface area contributed by atoms with Crippen molar-refractivity contribution in [3.05, 3.63) is 65.7 Å². The minimum Gasteiger partial charge on any atom is -0.394 e. The van der Waals surface area contributed by atoms with Crippen LogP contribution in [-0.4, -0.2) is 38.3 Å². The Bertz CT molecular complexity index is 852. The third-order valence-corrected chi connectivity index (χ3v) is 6.05. The normalized spacial score (nSPS) is 17.2. The van der Waals surface area contributed by atoms with Crippen LogP contribution in [0.15, 0.2) is 54.6 Å². The summed E-state index contributed by atoms with van der Waals surface area (Å²) in [4.78, 5) is 12.5. The van der Waals surface area contributed by atoms with Gasteiger partial charge in [-0.05, 0) is 30.2 Å². The Kier molecular flexibility index (Phi) is 5.06. The molecule has 0 aliphatic carbocycles. The smallest absolute Gasteiger partial charge is 0.251 e. The molecule has 7 heteroatoms. The Labute approximate surface area is 147 Å². The Morgan fingerprint density at radius 3 is 2.56 bits per heavy atom. The van der Waals surface area contributed by atoms with Crippen LogP contribution >= 0.6 is 0 Å². The molecule has 0 radical (unpaired) electrons. The van der Waals surface area contributed by atoms with E-state index in [1.165, 1.54) is 4.31 Å². The summed E-state index contributed by atoms with van der Waals surface area (Å²) in [6.07, 6.45) is 0.583. The molecule has 6 nitrogen and oxygen atoms in total. The van der Waals surface area contributed by atoms with Gasteiger partial charge in [0.2, 0.25) is 10.0 Å². The van der Waals surface area contributed by atoms with Crippen molar-refractivity contribution in [2.45, 2.75) is 12.5 Å². The fraction of sp³-hybridized carbons (Fsp3) is 0.278. The molecule has 0 aromatic heterocycles. The molecule has 2 aromatic rings. The molecule has 3 rings (SSSR count). The molecule has 0 bridgehead atoms. The number of nitrogens with zero attached hydrogens (tertiary/aromatic N) is 1. The van der Waals surface area contributed by atoms with Crippen molar-refractivity contribution in [3.8, 4) is 0 Å². The van der Waals surface area contributed by atoms with Gasteiger partial charge in [-0.15, -0.1) is 0 Å². The molecule has 1 amide bonds. The average Bonchev–Trinajstić information content (AvgIpc) is 2.99. The van der Waals surface area contributed by atoms with Gasteiger partial charge in [0.05, 0.1) is 24.1 Å². The number of benzene rings is 2. The SMILES string of the molecule is O=C(N[C@H](CO)c1ccccc1)c1cccc(N2CCCS2(=O)=O)c1. The van der Waals surface area contributed by atoms with Gasteiger partial charge >= 0.3 is 0 Å². The zero-order chi connectivity index (χ0) is 17.9. The fourth-order valence-electron chi connectivity index (χ4n) is 2.89. The first-order valence-electron chi connectivity index (χ1n) is 8.08. The lowest BCUT2D eigenvalue weighted by Gasteiger charge is -2.19. The highest BCUT2D eigenvalue weighted by atomic mass is 32.2. The van der Waals surface area contributed by atoms with Crippen LogP contribution in [0.3, 0.4) is 0 Å². The van der Waals surface area contributed by atoms with Crippen molar-refractivity contribution >= 4 is 21.6 Å². The van der Waals surface area contributed by atoms with Crippen LogP contribution in [0.2, 0.25) is 0 Å². The summed E-state index contributed by atoms with van der Waals surface area (Å²) in [5.41, 5.74) is 1.65. The summed E-state index contributed by atoms with van der Waals surface area (Å²) in [5, 5.41) is 12.3. The summed E-state index contributed by atoms with van der Waals surface area (Å²) >= 11 is 0. The first-order valence-corrected chi connectivity index (χ1v) is 9.69. The lowest BCUT2D eigenvalue weighted by Crippen LogP contribution is -2.31. The standard InChI is InChI=1S/C18H20N2O4S/c21-13-17(14-6-2-1-3-7-14)19-18(22)15-8-4-9-16(12-15)20-10-5-11-25(20,23)24/h1-4,6-9,12,17,21H,5,10-11,13H2,(H,19,22)/t17-/m1/s1. The number of carbonyl (C=O) groups excluding carboxylic acids is 1. The fourth-order valence-corrected chi connectivity index (χ4v) is 4.45. The molecule has 1 aliphatic rings. The summed E-state index contributed by atoms with van der Waals surface area (Å²) in [6, 6.07) is 15.2.